The van der Waals surface area contributed by atoms with E-state index < -0.39 is 45.4 Å². The average Bonchev–Trinajstić information content (AvgIpc) is 2.79. The molecule has 4 rings (SSSR count). The number of alkyl halides is 1. The van der Waals surface area contributed by atoms with Gasteiger partial charge in [-0.3, -0.25) is 9.59 Å². The summed E-state index contributed by atoms with van der Waals surface area (Å²) in [4.78, 5) is 24.4. The Morgan fingerprint density at radius 3 is 2.61 bits per heavy atom. The highest BCUT2D eigenvalue weighted by Gasteiger charge is 2.78. The van der Waals surface area contributed by atoms with Crippen LogP contribution in [0.4, 0.5) is 0 Å². The van der Waals surface area contributed by atoms with Crippen LogP contribution in [0.5, 0.6) is 0 Å². The Morgan fingerprint density at radius 2 is 1.96 bits per heavy atom. The maximum absolute atomic E-state index is 12.5. The molecule has 4 aliphatic rings. The molecule has 0 aromatic carbocycles. The lowest BCUT2D eigenvalue weighted by molar-refractivity contribution is -0.170. The van der Waals surface area contributed by atoms with E-state index in [1.165, 1.54) is 0 Å². The van der Waals surface area contributed by atoms with Crippen LogP contribution in [-0.4, -0.2) is 60.7 Å². The molecule has 0 aromatic rings. The summed E-state index contributed by atoms with van der Waals surface area (Å²) in [5, 5.41) is 42.5. The number of aliphatic hydroxyl groups excluding tert-OH is 3. The predicted octanol–water partition coefficient (Wildman–Crippen LogP) is 0.966. The van der Waals surface area contributed by atoms with Crippen LogP contribution in [-0.2, 0) is 9.59 Å². The van der Waals surface area contributed by atoms with E-state index in [1.54, 1.807) is 19.1 Å². The third-order valence-corrected chi connectivity index (χ3v) is 9.79. The summed E-state index contributed by atoms with van der Waals surface area (Å²) < 4.78 is -1.16. The van der Waals surface area contributed by atoms with Crippen LogP contribution < -0.4 is 0 Å². The van der Waals surface area contributed by atoms with Crippen LogP contribution in [0.2, 0.25) is 0 Å². The first kappa shape index (κ1) is 20.2. The monoisotopic (exact) mass is 452 g/mol. The molecule has 7 heteroatoms. The zero-order valence-corrected chi connectivity index (χ0v) is 17.4. The number of carbonyl (C=O) groups is 2. The van der Waals surface area contributed by atoms with Gasteiger partial charge in [-0.2, -0.15) is 0 Å². The largest absolute Gasteiger partial charge is 0.389 e. The van der Waals surface area contributed by atoms with Gasteiger partial charge in [-0.25, -0.2) is 0 Å². The molecule has 2 fully saturated rings. The topological polar surface area (TPSA) is 115 Å². The number of carbonyl (C=O) groups excluding carboxylic acids is 2. The molecule has 4 aliphatic carbocycles. The SMILES string of the molecule is C[C@]12C=CC(=O)C=C1CC[C@@H]1C2=CC[C@@]2(C)C1(Br)C(O)[C@@H](O)[C@]2(O)C(=O)CO. The molecule has 0 radical (unpaired) electrons. The molecule has 2 unspecified atom stereocenters. The van der Waals surface area contributed by atoms with Crippen molar-refractivity contribution in [3.8, 4) is 0 Å². The van der Waals surface area contributed by atoms with Gasteiger partial charge < -0.3 is 20.4 Å². The second kappa shape index (κ2) is 5.95. The first-order valence-electron chi connectivity index (χ1n) is 9.55. The molecule has 0 aliphatic heterocycles. The minimum absolute atomic E-state index is 0.0417. The summed E-state index contributed by atoms with van der Waals surface area (Å²) >= 11 is 3.70. The summed E-state index contributed by atoms with van der Waals surface area (Å²) in [5.41, 5.74) is -1.96. The van der Waals surface area contributed by atoms with E-state index in [0.717, 1.165) is 11.1 Å². The van der Waals surface area contributed by atoms with Crippen LogP contribution >= 0.6 is 15.9 Å². The highest BCUT2D eigenvalue weighted by atomic mass is 79.9. The van der Waals surface area contributed by atoms with Crippen molar-refractivity contribution in [3.63, 3.8) is 0 Å². The molecule has 0 amide bonds. The van der Waals surface area contributed by atoms with E-state index in [0.29, 0.717) is 12.8 Å². The fraction of sp³-hybridized carbons (Fsp3) is 0.619. The second-order valence-corrected chi connectivity index (χ2v) is 10.2. The quantitative estimate of drug-likeness (QED) is 0.366. The highest BCUT2D eigenvalue weighted by molar-refractivity contribution is 9.10. The number of Topliss-reactive ketones (excluding diaryl/α,β-unsaturated/α-hetero) is 1. The second-order valence-electron chi connectivity index (χ2n) is 8.90. The van der Waals surface area contributed by atoms with Crippen LogP contribution in [0.25, 0.3) is 0 Å². The molecule has 6 nitrogen and oxygen atoms in total. The van der Waals surface area contributed by atoms with Gasteiger partial charge >= 0.3 is 0 Å². The van der Waals surface area contributed by atoms with Crippen molar-refractivity contribution in [2.24, 2.45) is 16.7 Å². The van der Waals surface area contributed by atoms with Gasteiger partial charge in [0.05, 0.1) is 10.4 Å². The van der Waals surface area contributed by atoms with Crippen molar-refractivity contribution in [2.75, 3.05) is 6.61 Å². The van der Waals surface area contributed by atoms with Crippen molar-refractivity contribution < 1.29 is 30.0 Å². The van der Waals surface area contributed by atoms with Gasteiger partial charge in [0.2, 0.25) is 0 Å². The van der Waals surface area contributed by atoms with E-state index in [1.807, 2.05) is 19.1 Å². The molecule has 4 N–H and O–H groups in total. The Labute approximate surface area is 171 Å². The minimum Gasteiger partial charge on any atom is -0.389 e. The molecule has 152 valence electrons. The van der Waals surface area contributed by atoms with Crippen LogP contribution in [0.1, 0.15) is 33.1 Å². The zero-order valence-electron chi connectivity index (χ0n) is 15.9. The van der Waals surface area contributed by atoms with E-state index in [4.69, 9.17) is 0 Å². The smallest absolute Gasteiger partial charge is 0.192 e. The molecule has 0 saturated heterocycles. The van der Waals surface area contributed by atoms with Gasteiger partial charge in [-0.15, -0.1) is 0 Å². The zero-order chi connectivity index (χ0) is 20.7. The van der Waals surface area contributed by atoms with Crippen molar-refractivity contribution in [3.05, 3.63) is 35.5 Å². The third-order valence-electron chi connectivity index (χ3n) is 7.89. The maximum Gasteiger partial charge on any atom is 0.192 e. The number of rotatable bonds is 2. The van der Waals surface area contributed by atoms with E-state index in [-0.39, 0.29) is 18.1 Å². The number of ketones is 2. The highest BCUT2D eigenvalue weighted by Crippen LogP contribution is 2.70. The first-order valence-corrected chi connectivity index (χ1v) is 10.3. The van der Waals surface area contributed by atoms with Crippen molar-refractivity contribution in [1.29, 1.82) is 0 Å². The van der Waals surface area contributed by atoms with Gasteiger partial charge in [-0.05, 0) is 44.3 Å². The van der Waals surface area contributed by atoms with Crippen LogP contribution in [0.15, 0.2) is 35.5 Å². The molecule has 0 bridgehead atoms. The molecular formula is C21H25BrO6. The summed E-state index contributed by atoms with van der Waals surface area (Å²) in [5.74, 6) is -1.21. The molecule has 0 heterocycles. The third kappa shape index (κ3) is 2.02. The van der Waals surface area contributed by atoms with Crippen molar-refractivity contribution in [1.82, 2.24) is 0 Å². The van der Waals surface area contributed by atoms with Crippen molar-refractivity contribution in [2.45, 2.75) is 55.2 Å². The Kier molecular flexibility index (Phi) is 4.29. The number of hydrogen-bond acceptors (Lipinski definition) is 6. The summed E-state index contributed by atoms with van der Waals surface area (Å²) in [6.45, 7) is 2.78. The minimum atomic E-state index is -2.28. The number of fused-ring (bicyclic) bond motifs is 5. The number of aliphatic hydroxyl groups is 4. The normalized spacial score (nSPS) is 49.7. The van der Waals surface area contributed by atoms with Gasteiger partial charge in [0.15, 0.2) is 17.2 Å². The van der Waals surface area contributed by atoms with E-state index >= 15 is 0 Å². The van der Waals surface area contributed by atoms with Gasteiger partial charge in [0.25, 0.3) is 0 Å². The van der Waals surface area contributed by atoms with Gasteiger partial charge in [0.1, 0.15) is 12.7 Å². The Bertz CT molecular complexity index is 861. The summed E-state index contributed by atoms with van der Waals surface area (Å²) in [6.07, 6.45) is 5.39. The standard InChI is InChI=1S/C21H25BrO6/c1-18-7-5-12(24)9-11(18)3-4-14-13(18)6-8-19(2)20(14,22)16(26)17(27)21(19,28)15(25)10-23/h5-7,9,14,16-17,23,26-28H,3-4,8,10H2,1-2H3/t14-,16?,17-,18+,19+,20?,21-/m1/s1. The molecule has 28 heavy (non-hydrogen) atoms. The lowest BCUT2D eigenvalue weighted by Gasteiger charge is -2.57. The Hall–Kier alpha value is -1.12. The fourth-order valence-electron chi connectivity index (χ4n) is 6.16. The maximum atomic E-state index is 12.5. The fourth-order valence-corrected chi connectivity index (χ4v) is 7.35. The number of allylic oxidation sites excluding steroid dienone is 6. The summed E-state index contributed by atoms with van der Waals surface area (Å²) in [7, 11) is 0. The van der Waals surface area contributed by atoms with E-state index in [2.05, 4.69) is 15.9 Å². The van der Waals surface area contributed by atoms with E-state index in [9.17, 15) is 30.0 Å². The Morgan fingerprint density at radius 1 is 1.29 bits per heavy atom. The van der Waals surface area contributed by atoms with Gasteiger partial charge in [-0.1, -0.05) is 46.2 Å². The molecule has 7 atom stereocenters. The van der Waals surface area contributed by atoms with Crippen molar-refractivity contribution >= 4 is 27.5 Å². The number of halogens is 1. The first-order chi connectivity index (χ1) is 13.0. The molecule has 0 aromatic heterocycles. The number of hydrogen-bond donors (Lipinski definition) is 4. The molecule has 2 saturated carbocycles. The van der Waals surface area contributed by atoms with Gasteiger partial charge in [0, 0.05) is 10.8 Å². The lowest BCUT2D eigenvalue weighted by atomic mass is 9.51. The average molecular weight is 453 g/mol. The predicted molar refractivity (Wildman–Crippen MR) is 105 cm³/mol. The lowest BCUT2D eigenvalue weighted by Crippen LogP contribution is -2.63. The van der Waals surface area contributed by atoms with Crippen LogP contribution in [0.3, 0.4) is 0 Å². The molecule has 0 spiro atoms. The van der Waals surface area contributed by atoms with Crippen LogP contribution in [0, 0.1) is 16.7 Å². The molecular weight excluding hydrogens is 428 g/mol. The Balaban J connectivity index is 1.90. The summed E-state index contributed by atoms with van der Waals surface area (Å²) in [6, 6.07) is 0.